The van der Waals surface area contributed by atoms with Crippen molar-refractivity contribution in [2.24, 2.45) is 0 Å². The highest BCUT2D eigenvalue weighted by Crippen LogP contribution is 2.44. The van der Waals surface area contributed by atoms with Gasteiger partial charge >= 0.3 is 0 Å². The van der Waals surface area contributed by atoms with Gasteiger partial charge in [-0.3, -0.25) is 0 Å². The molecular formula is C44H26FN3. The molecule has 0 unspecified atom stereocenters. The van der Waals surface area contributed by atoms with Gasteiger partial charge in [-0.15, -0.1) is 0 Å². The third-order valence-electron chi connectivity index (χ3n) is 10.2. The van der Waals surface area contributed by atoms with Crippen molar-refractivity contribution in [2.75, 3.05) is 0 Å². The lowest BCUT2D eigenvalue weighted by Crippen LogP contribution is -2.17. The van der Waals surface area contributed by atoms with Crippen LogP contribution in [0.3, 0.4) is 0 Å². The molecule has 224 valence electrons. The molecule has 48 heavy (non-hydrogen) atoms. The van der Waals surface area contributed by atoms with Crippen LogP contribution in [0.15, 0.2) is 158 Å². The van der Waals surface area contributed by atoms with Gasteiger partial charge in [0, 0.05) is 26.9 Å². The van der Waals surface area contributed by atoms with Crippen LogP contribution in [0.25, 0.3) is 93.2 Å². The predicted octanol–water partition coefficient (Wildman–Crippen LogP) is 11.7. The minimum Gasteiger partial charge on any atom is -0.303 e. The van der Waals surface area contributed by atoms with Gasteiger partial charge < -0.3 is 4.57 Å². The molecule has 2 aliphatic heterocycles. The van der Waals surface area contributed by atoms with Crippen LogP contribution in [0, 0.1) is 5.82 Å². The number of nitrogens with zero attached hydrogens (tertiary/aromatic N) is 3. The Morgan fingerprint density at radius 1 is 0.396 bits per heavy atom. The van der Waals surface area contributed by atoms with Gasteiger partial charge in [-0.1, -0.05) is 109 Å². The molecule has 0 fully saturated rings. The lowest BCUT2D eigenvalue weighted by molar-refractivity contribution is 0.620. The summed E-state index contributed by atoms with van der Waals surface area (Å²) in [5.74, 6) is -0.258. The maximum absolute atomic E-state index is 15.9. The van der Waals surface area contributed by atoms with Crippen LogP contribution >= 0.6 is 0 Å². The number of para-hydroxylation sites is 3. The molecule has 0 spiro atoms. The van der Waals surface area contributed by atoms with Crippen LogP contribution in [0.4, 0.5) is 4.39 Å². The number of halogens is 1. The smallest absolute Gasteiger partial charge is 0.147 e. The summed E-state index contributed by atoms with van der Waals surface area (Å²) < 4.78 is 22.8. The van der Waals surface area contributed by atoms with E-state index in [9.17, 15) is 0 Å². The Balaban J connectivity index is 1.45. The summed E-state index contributed by atoms with van der Waals surface area (Å²) in [5, 5.41) is 9.32. The molecule has 0 N–H and O–H groups in total. The molecule has 1 aromatic heterocycles. The molecule has 4 heteroatoms. The Morgan fingerprint density at radius 3 is 1.96 bits per heavy atom. The number of hydrogen-bond donors (Lipinski definition) is 0. The van der Waals surface area contributed by atoms with Crippen LogP contribution in [-0.4, -0.2) is 13.8 Å². The Kier molecular flexibility index (Phi) is 5.01. The van der Waals surface area contributed by atoms with Crippen LogP contribution in [0.1, 0.15) is 0 Å². The maximum Gasteiger partial charge on any atom is 0.147 e. The summed E-state index contributed by atoms with van der Waals surface area (Å²) in [6.45, 7) is 0. The van der Waals surface area contributed by atoms with Gasteiger partial charge in [0.15, 0.2) is 0 Å². The molecule has 0 saturated heterocycles. The summed E-state index contributed by atoms with van der Waals surface area (Å²) in [5.41, 5.74) is 9.15. The fourth-order valence-electron chi connectivity index (χ4n) is 8.16. The lowest BCUT2D eigenvalue weighted by atomic mass is 10.00. The van der Waals surface area contributed by atoms with Crippen molar-refractivity contribution < 1.29 is 4.39 Å². The Labute approximate surface area is 274 Å². The highest BCUT2D eigenvalue weighted by Gasteiger charge is 2.26. The average molecular weight is 616 g/mol. The minimum atomic E-state index is -0.258. The van der Waals surface area contributed by atoms with Crippen LogP contribution in [0.5, 0.6) is 0 Å². The lowest BCUT2D eigenvalue weighted by Gasteiger charge is -2.28. The Bertz CT molecular complexity index is 3070. The van der Waals surface area contributed by atoms with E-state index >= 15 is 4.39 Å². The molecule has 3 heterocycles. The average Bonchev–Trinajstić information content (AvgIpc) is 3.47. The molecule has 3 nitrogen and oxygen atoms in total. The fraction of sp³-hybridized carbons (Fsp3) is 0. The first-order valence-electron chi connectivity index (χ1n) is 16.3. The summed E-state index contributed by atoms with van der Waals surface area (Å²) in [6, 6.07) is 55.0. The van der Waals surface area contributed by atoms with Crippen LogP contribution in [-0.2, 0) is 0 Å². The topological polar surface area (TPSA) is 14.3 Å². The molecule has 9 aromatic rings. The maximum atomic E-state index is 15.9. The fourth-order valence-corrected chi connectivity index (χ4v) is 8.16. The molecule has 0 atom stereocenters. The molecule has 2 aliphatic rings. The van der Waals surface area contributed by atoms with Crippen molar-refractivity contribution in [1.82, 2.24) is 13.8 Å². The van der Waals surface area contributed by atoms with E-state index in [2.05, 4.69) is 147 Å². The van der Waals surface area contributed by atoms with Crippen molar-refractivity contribution in [3.05, 3.63) is 164 Å². The first kappa shape index (κ1) is 25.8. The number of hydrogen-bond acceptors (Lipinski definition) is 0. The normalized spacial score (nSPS) is 12.3. The van der Waals surface area contributed by atoms with E-state index in [4.69, 9.17) is 0 Å². The van der Waals surface area contributed by atoms with Crippen molar-refractivity contribution in [2.45, 2.75) is 0 Å². The zero-order valence-corrected chi connectivity index (χ0v) is 25.7. The third kappa shape index (κ3) is 3.31. The monoisotopic (exact) mass is 615 g/mol. The van der Waals surface area contributed by atoms with Crippen LogP contribution < -0.4 is 0 Å². The SMILES string of the molecule is Fc1ccccc1-n1c2cccc3c2-n(c2c4cc5ccccc5cc4ccc21)n1c2ccc(-c4ccccc4)cc2c2cccc3c21. The quantitative estimate of drug-likeness (QED) is 0.136. The second-order valence-electron chi connectivity index (χ2n) is 12.7. The Morgan fingerprint density at radius 2 is 1.10 bits per heavy atom. The van der Waals surface area contributed by atoms with Crippen LogP contribution in [0.2, 0.25) is 0 Å². The van der Waals surface area contributed by atoms with E-state index in [1.807, 2.05) is 12.1 Å². The molecular weight excluding hydrogens is 590 g/mol. The van der Waals surface area contributed by atoms with E-state index in [0.29, 0.717) is 5.69 Å². The van der Waals surface area contributed by atoms with Gasteiger partial charge in [0.05, 0.1) is 39.0 Å². The van der Waals surface area contributed by atoms with Gasteiger partial charge in [-0.25, -0.2) is 13.6 Å². The number of aromatic nitrogens is 3. The predicted molar refractivity (Wildman–Crippen MR) is 198 cm³/mol. The first-order chi connectivity index (χ1) is 23.7. The van der Waals surface area contributed by atoms with Gasteiger partial charge in [0.25, 0.3) is 0 Å². The Hall–Kier alpha value is -6.39. The van der Waals surface area contributed by atoms with Crippen molar-refractivity contribution in [1.29, 1.82) is 0 Å². The van der Waals surface area contributed by atoms with E-state index in [1.165, 1.54) is 43.6 Å². The number of benzene rings is 8. The van der Waals surface area contributed by atoms with Gasteiger partial charge in [0.1, 0.15) is 5.82 Å². The highest BCUT2D eigenvalue weighted by atomic mass is 19.1. The minimum absolute atomic E-state index is 0.258. The van der Waals surface area contributed by atoms with Gasteiger partial charge in [-0.2, -0.15) is 0 Å². The summed E-state index contributed by atoms with van der Waals surface area (Å²) in [7, 11) is 0. The van der Waals surface area contributed by atoms with Gasteiger partial charge in [0.2, 0.25) is 0 Å². The van der Waals surface area contributed by atoms with E-state index < -0.39 is 0 Å². The summed E-state index contributed by atoms with van der Waals surface area (Å²) in [6.07, 6.45) is 0. The van der Waals surface area contributed by atoms with Crippen molar-refractivity contribution >= 4 is 70.7 Å². The largest absolute Gasteiger partial charge is 0.303 e. The zero-order valence-electron chi connectivity index (χ0n) is 25.7. The highest BCUT2D eigenvalue weighted by molar-refractivity contribution is 6.21. The van der Waals surface area contributed by atoms with Gasteiger partial charge in [-0.05, 0) is 75.8 Å². The van der Waals surface area contributed by atoms with Crippen molar-refractivity contribution in [3.8, 4) is 22.5 Å². The second-order valence-corrected chi connectivity index (χ2v) is 12.7. The van der Waals surface area contributed by atoms with E-state index in [1.54, 1.807) is 12.1 Å². The van der Waals surface area contributed by atoms with Crippen molar-refractivity contribution in [3.63, 3.8) is 0 Å². The number of rotatable bonds is 2. The third-order valence-corrected chi connectivity index (χ3v) is 10.2. The summed E-state index contributed by atoms with van der Waals surface area (Å²) in [4.78, 5) is 0. The molecule has 0 bridgehead atoms. The molecule has 0 radical (unpaired) electrons. The van der Waals surface area contributed by atoms with E-state index in [0.717, 1.165) is 43.9 Å². The standard InChI is InChI=1S/C44H26FN3/c45-37-17-6-7-18-39(37)46-40-19-9-16-33-32-14-8-15-34-36-26-30(27-10-2-1-3-11-27)20-22-38(36)47(42(32)34)48(43(33)40)44-35-25-29-13-5-4-12-28(29)24-31(35)21-23-41(44)46/h1-26H. The second kappa shape index (κ2) is 9.34. The zero-order chi connectivity index (χ0) is 31.5. The summed E-state index contributed by atoms with van der Waals surface area (Å²) >= 11 is 0. The molecule has 11 rings (SSSR count). The molecule has 8 aromatic carbocycles. The molecule has 0 aliphatic carbocycles. The number of fused-ring (bicyclic) bond motifs is 10. The van der Waals surface area contributed by atoms with E-state index in [-0.39, 0.29) is 5.82 Å². The molecule has 0 amide bonds. The molecule has 0 saturated carbocycles. The first-order valence-corrected chi connectivity index (χ1v) is 16.3.